The van der Waals surface area contributed by atoms with Crippen molar-refractivity contribution in [3.63, 3.8) is 0 Å². The largest absolute Gasteiger partial charge is 0.394 e. The molecule has 0 aliphatic heterocycles. The summed E-state index contributed by atoms with van der Waals surface area (Å²) in [7, 11) is 3.70. The number of likely N-dealkylation sites (N-methyl/N-ethyl adjacent to an activating group) is 1. The molecule has 0 saturated carbocycles. The highest BCUT2D eigenvalue weighted by molar-refractivity contribution is 4.59. The molecule has 0 aromatic carbocycles. The Bertz CT molecular complexity index is 125. The predicted octanol–water partition coefficient (Wildman–Crippen LogP) is -1.49. The van der Waals surface area contributed by atoms with Crippen LogP contribution in [0.15, 0.2) is 0 Å². The zero-order valence-corrected chi connectivity index (χ0v) is 9.07. The van der Waals surface area contributed by atoms with Crippen LogP contribution in [-0.2, 0) is 4.74 Å². The summed E-state index contributed by atoms with van der Waals surface area (Å²) in [6.07, 6.45) is -0.653. The van der Waals surface area contributed by atoms with Crippen LogP contribution < -0.4 is 5.32 Å². The zero-order valence-electron chi connectivity index (χ0n) is 9.07. The summed E-state index contributed by atoms with van der Waals surface area (Å²) in [5.41, 5.74) is 0. The third kappa shape index (κ3) is 8.40. The van der Waals surface area contributed by atoms with Gasteiger partial charge in [-0.3, -0.25) is 0 Å². The van der Waals surface area contributed by atoms with Gasteiger partial charge in [-0.1, -0.05) is 0 Å². The van der Waals surface area contributed by atoms with Crippen LogP contribution in [-0.4, -0.2) is 74.8 Å². The first-order valence-electron chi connectivity index (χ1n) is 4.87. The predicted molar refractivity (Wildman–Crippen MR) is 55.3 cm³/mol. The standard InChI is InChI=1S/C9H22N2O3/c1-11(5-6-14-2)4-3-10-7-9(13)8-12/h9-10,12-13H,3-8H2,1-2H3/t9-/m0/s1. The molecule has 14 heavy (non-hydrogen) atoms. The number of methoxy groups -OCH3 is 1. The van der Waals surface area contributed by atoms with Crippen LogP contribution in [0.25, 0.3) is 0 Å². The van der Waals surface area contributed by atoms with Gasteiger partial charge in [-0.15, -0.1) is 0 Å². The summed E-state index contributed by atoms with van der Waals surface area (Å²) in [4.78, 5) is 2.14. The van der Waals surface area contributed by atoms with Gasteiger partial charge in [-0.25, -0.2) is 0 Å². The van der Waals surface area contributed by atoms with Crippen LogP contribution in [0.2, 0.25) is 0 Å². The third-order valence-corrected chi connectivity index (χ3v) is 1.94. The van der Waals surface area contributed by atoms with Crippen molar-refractivity contribution < 1.29 is 14.9 Å². The molecular formula is C9H22N2O3. The molecule has 0 rings (SSSR count). The molecule has 0 bridgehead atoms. The molecule has 0 aliphatic rings. The number of aliphatic hydroxyl groups is 2. The highest BCUT2D eigenvalue weighted by Crippen LogP contribution is 1.81. The highest BCUT2D eigenvalue weighted by Gasteiger charge is 2.01. The van der Waals surface area contributed by atoms with E-state index in [0.717, 1.165) is 26.2 Å². The first kappa shape index (κ1) is 13.8. The Morgan fingerprint density at radius 2 is 2.14 bits per heavy atom. The smallest absolute Gasteiger partial charge is 0.0894 e. The molecule has 5 nitrogen and oxygen atoms in total. The van der Waals surface area contributed by atoms with E-state index in [2.05, 4.69) is 10.2 Å². The van der Waals surface area contributed by atoms with E-state index in [1.165, 1.54) is 0 Å². The molecule has 0 fully saturated rings. The van der Waals surface area contributed by atoms with Gasteiger partial charge in [0.25, 0.3) is 0 Å². The molecule has 3 N–H and O–H groups in total. The Morgan fingerprint density at radius 3 is 2.71 bits per heavy atom. The molecule has 0 unspecified atom stereocenters. The summed E-state index contributed by atoms with van der Waals surface area (Å²) in [6.45, 7) is 3.59. The molecule has 0 saturated heterocycles. The lowest BCUT2D eigenvalue weighted by atomic mass is 10.4. The molecule has 0 spiro atoms. The number of nitrogens with zero attached hydrogens (tertiary/aromatic N) is 1. The fourth-order valence-corrected chi connectivity index (χ4v) is 0.962. The van der Waals surface area contributed by atoms with Gasteiger partial charge in [-0.2, -0.15) is 0 Å². The maximum absolute atomic E-state index is 9.02. The Balaban J connectivity index is 3.18. The second-order valence-corrected chi connectivity index (χ2v) is 3.34. The maximum Gasteiger partial charge on any atom is 0.0894 e. The van der Waals surface area contributed by atoms with Crippen molar-refractivity contribution in [1.82, 2.24) is 10.2 Å². The number of rotatable bonds is 9. The van der Waals surface area contributed by atoms with Crippen LogP contribution in [0.3, 0.4) is 0 Å². The molecular weight excluding hydrogens is 184 g/mol. The van der Waals surface area contributed by atoms with Crippen molar-refractivity contribution in [3.05, 3.63) is 0 Å². The molecule has 5 heteroatoms. The van der Waals surface area contributed by atoms with E-state index in [9.17, 15) is 0 Å². The van der Waals surface area contributed by atoms with Crippen molar-refractivity contribution >= 4 is 0 Å². The van der Waals surface area contributed by atoms with E-state index in [1.807, 2.05) is 7.05 Å². The van der Waals surface area contributed by atoms with Gasteiger partial charge in [0.1, 0.15) is 0 Å². The molecule has 0 aliphatic carbocycles. The van der Waals surface area contributed by atoms with Crippen molar-refractivity contribution in [2.24, 2.45) is 0 Å². The number of aliphatic hydroxyl groups excluding tert-OH is 2. The van der Waals surface area contributed by atoms with E-state index in [0.29, 0.717) is 6.54 Å². The molecule has 0 heterocycles. The van der Waals surface area contributed by atoms with Crippen LogP contribution in [0.1, 0.15) is 0 Å². The number of ether oxygens (including phenoxy) is 1. The monoisotopic (exact) mass is 206 g/mol. The van der Waals surface area contributed by atoms with Gasteiger partial charge >= 0.3 is 0 Å². The summed E-state index contributed by atoms with van der Waals surface area (Å²) in [5.74, 6) is 0. The molecule has 0 amide bonds. The Labute approximate surface area is 85.7 Å². The Hall–Kier alpha value is -0.200. The Kier molecular flexibility index (Phi) is 9.23. The van der Waals surface area contributed by atoms with Gasteiger partial charge in [0.2, 0.25) is 0 Å². The molecule has 0 radical (unpaired) electrons. The highest BCUT2D eigenvalue weighted by atomic mass is 16.5. The van der Waals surface area contributed by atoms with Crippen molar-refractivity contribution in [2.75, 3.05) is 53.6 Å². The molecule has 0 aromatic rings. The first-order valence-corrected chi connectivity index (χ1v) is 4.87. The number of nitrogens with one attached hydrogen (secondary N) is 1. The van der Waals surface area contributed by atoms with Crippen molar-refractivity contribution in [1.29, 1.82) is 0 Å². The van der Waals surface area contributed by atoms with Gasteiger partial charge in [-0.05, 0) is 7.05 Å². The second kappa shape index (κ2) is 9.36. The maximum atomic E-state index is 9.02. The average Bonchev–Trinajstić information content (AvgIpc) is 2.21. The molecule has 0 aromatic heterocycles. The fraction of sp³-hybridized carbons (Fsp3) is 1.00. The summed E-state index contributed by atoms with van der Waals surface area (Å²) < 4.78 is 4.94. The van der Waals surface area contributed by atoms with Crippen LogP contribution >= 0.6 is 0 Å². The zero-order chi connectivity index (χ0) is 10.8. The first-order chi connectivity index (χ1) is 6.70. The Morgan fingerprint density at radius 1 is 1.43 bits per heavy atom. The molecule has 86 valence electrons. The van der Waals surface area contributed by atoms with Crippen molar-refractivity contribution in [2.45, 2.75) is 6.10 Å². The van der Waals surface area contributed by atoms with Gasteiger partial charge in [0, 0.05) is 33.3 Å². The van der Waals surface area contributed by atoms with E-state index in [4.69, 9.17) is 14.9 Å². The van der Waals surface area contributed by atoms with Gasteiger partial charge in [0.05, 0.1) is 19.3 Å². The van der Waals surface area contributed by atoms with E-state index in [1.54, 1.807) is 7.11 Å². The summed E-state index contributed by atoms with van der Waals surface area (Å²) in [6, 6.07) is 0. The van der Waals surface area contributed by atoms with Gasteiger partial charge < -0.3 is 25.2 Å². The topological polar surface area (TPSA) is 65.0 Å². The summed E-state index contributed by atoms with van der Waals surface area (Å²) >= 11 is 0. The number of hydrogen-bond acceptors (Lipinski definition) is 5. The average molecular weight is 206 g/mol. The van der Waals surface area contributed by atoms with E-state index >= 15 is 0 Å². The lowest BCUT2D eigenvalue weighted by molar-refractivity contribution is 0.0936. The van der Waals surface area contributed by atoms with E-state index in [-0.39, 0.29) is 6.61 Å². The van der Waals surface area contributed by atoms with Crippen LogP contribution in [0, 0.1) is 0 Å². The minimum absolute atomic E-state index is 0.188. The minimum Gasteiger partial charge on any atom is -0.394 e. The van der Waals surface area contributed by atoms with Crippen LogP contribution in [0.4, 0.5) is 0 Å². The number of hydrogen-bond donors (Lipinski definition) is 3. The lowest BCUT2D eigenvalue weighted by Crippen LogP contribution is -2.36. The summed E-state index contributed by atoms with van der Waals surface area (Å²) in [5, 5.41) is 20.6. The third-order valence-electron chi connectivity index (χ3n) is 1.94. The quantitative estimate of drug-likeness (QED) is 0.401. The molecule has 1 atom stereocenters. The normalized spacial score (nSPS) is 13.5. The second-order valence-electron chi connectivity index (χ2n) is 3.34. The fourth-order valence-electron chi connectivity index (χ4n) is 0.962. The SMILES string of the molecule is COCCN(C)CCNC[C@H](O)CO. The van der Waals surface area contributed by atoms with E-state index < -0.39 is 6.10 Å². The van der Waals surface area contributed by atoms with Crippen molar-refractivity contribution in [3.8, 4) is 0 Å². The van der Waals surface area contributed by atoms with Gasteiger partial charge in [0.15, 0.2) is 0 Å². The minimum atomic E-state index is -0.653. The lowest BCUT2D eigenvalue weighted by Gasteiger charge is -2.16. The van der Waals surface area contributed by atoms with Crippen LogP contribution in [0.5, 0.6) is 0 Å².